The first-order valence-corrected chi connectivity index (χ1v) is 6.38. The molecule has 2 aromatic rings. The predicted octanol–water partition coefficient (Wildman–Crippen LogP) is 1.87. The molecule has 1 aliphatic rings. The molecule has 0 saturated carbocycles. The number of anilines is 1. The van der Waals surface area contributed by atoms with Gasteiger partial charge in [-0.2, -0.15) is 18.3 Å². The first kappa shape index (κ1) is 14.4. The molecule has 3 heterocycles. The van der Waals surface area contributed by atoms with E-state index in [0.29, 0.717) is 16.1 Å². The highest BCUT2D eigenvalue weighted by Gasteiger charge is 2.37. The smallest absolute Gasteiger partial charge is 0.433 e. The van der Waals surface area contributed by atoms with Crippen molar-refractivity contribution in [3.63, 3.8) is 0 Å². The van der Waals surface area contributed by atoms with Crippen LogP contribution in [0.15, 0.2) is 24.5 Å². The van der Waals surface area contributed by atoms with Crippen molar-refractivity contribution >= 4 is 11.6 Å². The minimum Gasteiger partial charge on any atom is -0.489 e. The average Bonchev–Trinajstić information content (AvgIpc) is 2.88. The van der Waals surface area contributed by atoms with Crippen LogP contribution in [0.3, 0.4) is 0 Å². The molecule has 2 aromatic heterocycles. The molecule has 1 amide bonds. The monoisotopic (exact) mass is 312 g/mol. The highest BCUT2D eigenvalue weighted by atomic mass is 19.4. The van der Waals surface area contributed by atoms with E-state index < -0.39 is 17.8 Å². The fourth-order valence-corrected chi connectivity index (χ4v) is 2.25. The largest absolute Gasteiger partial charge is 0.489 e. The van der Waals surface area contributed by atoms with Crippen molar-refractivity contribution in [3.8, 4) is 5.75 Å². The molecule has 0 aliphatic carbocycles. The van der Waals surface area contributed by atoms with Crippen LogP contribution in [0.1, 0.15) is 16.2 Å². The Morgan fingerprint density at radius 1 is 1.41 bits per heavy atom. The normalized spacial score (nSPS) is 14.5. The van der Waals surface area contributed by atoms with Crippen LogP contribution in [-0.4, -0.2) is 33.8 Å². The number of fused-ring (bicyclic) bond motifs is 1. The summed E-state index contributed by atoms with van der Waals surface area (Å²) in [5, 5.41) is 3.67. The number of carbonyl (C=O) groups excluding carboxylic acids is 1. The number of aromatic nitrogens is 3. The van der Waals surface area contributed by atoms with E-state index in [0.717, 1.165) is 13.1 Å². The fraction of sp³-hybridized carbons (Fsp3) is 0.308. The average molecular weight is 312 g/mol. The van der Waals surface area contributed by atoms with Crippen molar-refractivity contribution in [1.82, 2.24) is 14.8 Å². The van der Waals surface area contributed by atoms with Gasteiger partial charge in [-0.25, -0.2) is 0 Å². The topological polar surface area (TPSA) is 60.2 Å². The number of halogens is 3. The number of pyridine rings is 1. The Hall–Kier alpha value is -2.58. The predicted molar refractivity (Wildman–Crippen MR) is 69.6 cm³/mol. The first-order valence-electron chi connectivity index (χ1n) is 6.38. The molecule has 0 atom stereocenters. The highest BCUT2D eigenvalue weighted by molar-refractivity contribution is 6.05. The van der Waals surface area contributed by atoms with E-state index in [1.165, 1.54) is 17.3 Å². The summed E-state index contributed by atoms with van der Waals surface area (Å²) in [6.07, 6.45) is -1.62. The number of hydrogen-bond acceptors (Lipinski definition) is 4. The van der Waals surface area contributed by atoms with Crippen molar-refractivity contribution < 1.29 is 22.7 Å². The van der Waals surface area contributed by atoms with E-state index >= 15 is 0 Å². The van der Waals surface area contributed by atoms with Gasteiger partial charge >= 0.3 is 6.18 Å². The second-order valence-electron chi connectivity index (χ2n) is 4.68. The molecular weight excluding hydrogens is 301 g/mol. The zero-order valence-corrected chi connectivity index (χ0v) is 11.5. The van der Waals surface area contributed by atoms with Crippen molar-refractivity contribution in [2.45, 2.75) is 6.18 Å². The van der Waals surface area contributed by atoms with Crippen LogP contribution in [0.2, 0.25) is 0 Å². The molecule has 0 N–H and O–H groups in total. The number of ether oxygens (including phenoxy) is 1. The molecule has 3 rings (SSSR count). The van der Waals surface area contributed by atoms with Crippen molar-refractivity contribution in [1.29, 1.82) is 0 Å². The van der Waals surface area contributed by atoms with Crippen molar-refractivity contribution in [2.75, 3.05) is 18.1 Å². The maximum Gasteiger partial charge on any atom is 0.433 e. The SMILES string of the molecule is Cn1nc(C(=O)N2CCOc3ccncc32)cc1C(F)(F)F. The second-order valence-corrected chi connectivity index (χ2v) is 4.68. The zero-order valence-electron chi connectivity index (χ0n) is 11.5. The zero-order chi connectivity index (χ0) is 15.9. The lowest BCUT2D eigenvalue weighted by Gasteiger charge is -2.28. The molecule has 0 radical (unpaired) electrons. The van der Waals surface area contributed by atoms with Gasteiger partial charge in [0.25, 0.3) is 5.91 Å². The summed E-state index contributed by atoms with van der Waals surface area (Å²) in [4.78, 5) is 17.7. The molecule has 1 aliphatic heterocycles. The van der Waals surface area contributed by atoms with E-state index in [2.05, 4.69) is 10.1 Å². The Labute approximate surface area is 123 Å². The number of carbonyl (C=O) groups is 1. The van der Waals surface area contributed by atoms with Crippen LogP contribution in [-0.2, 0) is 13.2 Å². The first-order chi connectivity index (χ1) is 10.4. The van der Waals surface area contributed by atoms with E-state index in [9.17, 15) is 18.0 Å². The van der Waals surface area contributed by atoms with Crippen LogP contribution in [0.5, 0.6) is 5.75 Å². The van der Waals surface area contributed by atoms with Gasteiger partial charge in [0.05, 0.1) is 12.7 Å². The van der Waals surface area contributed by atoms with Gasteiger partial charge in [-0.1, -0.05) is 0 Å². The lowest BCUT2D eigenvalue weighted by Crippen LogP contribution is -2.38. The standard InChI is InChI=1S/C13H11F3N4O2/c1-19-11(13(14,15)16)6-8(18-19)12(21)20-4-5-22-10-2-3-17-7-9(10)20/h2-3,6-7H,4-5H2,1H3. The number of nitrogens with zero attached hydrogens (tertiary/aromatic N) is 4. The number of amides is 1. The molecule has 0 bridgehead atoms. The molecule has 0 unspecified atom stereocenters. The molecule has 6 nitrogen and oxygen atoms in total. The van der Waals surface area contributed by atoms with E-state index in [-0.39, 0.29) is 18.8 Å². The van der Waals surface area contributed by atoms with Crippen LogP contribution in [0.4, 0.5) is 18.9 Å². The summed E-state index contributed by atoms with van der Waals surface area (Å²) in [5.74, 6) is -0.162. The number of hydrogen-bond donors (Lipinski definition) is 0. The van der Waals surface area contributed by atoms with Gasteiger partial charge < -0.3 is 4.74 Å². The van der Waals surface area contributed by atoms with Gasteiger partial charge in [0.15, 0.2) is 5.69 Å². The van der Waals surface area contributed by atoms with E-state index in [1.54, 1.807) is 6.07 Å². The third-order valence-corrected chi connectivity index (χ3v) is 3.26. The van der Waals surface area contributed by atoms with Gasteiger partial charge in [0.1, 0.15) is 23.7 Å². The lowest BCUT2D eigenvalue weighted by molar-refractivity contribution is -0.143. The number of aryl methyl sites for hydroxylation is 1. The lowest BCUT2D eigenvalue weighted by atomic mass is 10.2. The van der Waals surface area contributed by atoms with Gasteiger partial charge in [0, 0.05) is 25.4 Å². The summed E-state index contributed by atoms with van der Waals surface area (Å²) < 4.78 is 44.4. The van der Waals surface area contributed by atoms with Crippen molar-refractivity contribution in [3.05, 3.63) is 35.9 Å². The van der Waals surface area contributed by atoms with Gasteiger partial charge in [-0.3, -0.25) is 19.4 Å². The van der Waals surface area contributed by atoms with Gasteiger partial charge in [-0.05, 0) is 0 Å². The molecule has 22 heavy (non-hydrogen) atoms. The second kappa shape index (κ2) is 5.00. The molecule has 0 saturated heterocycles. The Bertz CT molecular complexity index is 726. The minimum atomic E-state index is -4.56. The van der Waals surface area contributed by atoms with E-state index in [1.807, 2.05) is 0 Å². The maximum absolute atomic E-state index is 12.8. The highest BCUT2D eigenvalue weighted by Crippen LogP contribution is 2.32. The van der Waals surface area contributed by atoms with Crippen LogP contribution in [0.25, 0.3) is 0 Å². The Morgan fingerprint density at radius 2 is 2.18 bits per heavy atom. The van der Waals surface area contributed by atoms with Gasteiger partial charge in [0.2, 0.25) is 0 Å². The van der Waals surface area contributed by atoms with Crippen LogP contribution >= 0.6 is 0 Å². The number of rotatable bonds is 1. The van der Waals surface area contributed by atoms with E-state index in [4.69, 9.17) is 4.74 Å². The summed E-state index contributed by atoms with van der Waals surface area (Å²) in [5.41, 5.74) is -0.833. The molecule has 0 aromatic carbocycles. The molecular formula is C13H11F3N4O2. The number of alkyl halides is 3. The Morgan fingerprint density at radius 3 is 2.86 bits per heavy atom. The van der Waals surface area contributed by atoms with Crippen molar-refractivity contribution in [2.24, 2.45) is 7.05 Å². The van der Waals surface area contributed by atoms with Crippen LogP contribution < -0.4 is 9.64 Å². The molecule has 0 fully saturated rings. The minimum absolute atomic E-state index is 0.218. The summed E-state index contributed by atoms with van der Waals surface area (Å²) in [6, 6.07) is 2.34. The molecule has 0 spiro atoms. The summed E-state index contributed by atoms with van der Waals surface area (Å²) in [6.45, 7) is 0.469. The third kappa shape index (κ3) is 2.38. The Balaban J connectivity index is 1.96. The third-order valence-electron chi connectivity index (χ3n) is 3.26. The maximum atomic E-state index is 12.8. The fourth-order valence-electron chi connectivity index (χ4n) is 2.25. The van der Waals surface area contributed by atoms with Crippen LogP contribution in [0, 0.1) is 0 Å². The quantitative estimate of drug-likeness (QED) is 0.806. The van der Waals surface area contributed by atoms with Gasteiger partial charge in [-0.15, -0.1) is 0 Å². The molecule has 9 heteroatoms. The Kier molecular flexibility index (Phi) is 3.27. The summed E-state index contributed by atoms with van der Waals surface area (Å²) in [7, 11) is 1.15. The molecule has 116 valence electrons. The summed E-state index contributed by atoms with van der Waals surface area (Å²) >= 11 is 0.